The molecule has 32 heavy (non-hydrogen) atoms. The molecule has 4 nitrogen and oxygen atoms in total. The van der Waals surface area contributed by atoms with Gasteiger partial charge in [-0.3, -0.25) is 4.79 Å². The second-order valence-corrected chi connectivity index (χ2v) is 7.96. The van der Waals surface area contributed by atoms with Gasteiger partial charge in [-0.1, -0.05) is 72.8 Å². The lowest BCUT2D eigenvalue weighted by Crippen LogP contribution is -2.13. The number of aryl methyl sites for hydroxylation is 2. The molecule has 1 heterocycles. The van der Waals surface area contributed by atoms with Gasteiger partial charge in [0, 0.05) is 11.3 Å². The first kappa shape index (κ1) is 19.8. The molecule has 0 spiro atoms. The van der Waals surface area contributed by atoms with Crippen LogP contribution in [0.4, 0.5) is 5.69 Å². The normalized spacial score (nSPS) is 10.9. The molecule has 5 aromatic rings. The average Bonchev–Trinajstić information content (AvgIpc) is 3.24. The van der Waals surface area contributed by atoms with Gasteiger partial charge in [0.1, 0.15) is 0 Å². The maximum absolute atomic E-state index is 13.1. The minimum absolute atomic E-state index is 0.232. The van der Waals surface area contributed by atoms with Crippen molar-refractivity contribution in [3.05, 3.63) is 114 Å². The number of nitrogens with one attached hydrogen (secondary N) is 1. The summed E-state index contributed by atoms with van der Waals surface area (Å²) in [6.07, 6.45) is 0. The van der Waals surface area contributed by atoms with Crippen molar-refractivity contribution < 1.29 is 4.79 Å². The van der Waals surface area contributed by atoms with Gasteiger partial charge in [-0.25, -0.2) is 4.68 Å². The summed E-state index contributed by atoms with van der Waals surface area (Å²) < 4.78 is 1.88. The number of hydrogen-bond acceptors (Lipinski definition) is 2. The molecule has 5 rings (SSSR count). The highest BCUT2D eigenvalue weighted by Gasteiger charge is 2.19. The van der Waals surface area contributed by atoms with Gasteiger partial charge < -0.3 is 5.32 Å². The van der Waals surface area contributed by atoms with Crippen molar-refractivity contribution in [3.63, 3.8) is 0 Å². The van der Waals surface area contributed by atoms with Crippen molar-refractivity contribution in [2.75, 3.05) is 5.32 Å². The van der Waals surface area contributed by atoms with Crippen LogP contribution in [0.1, 0.15) is 21.6 Å². The van der Waals surface area contributed by atoms with Crippen molar-refractivity contribution in [1.82, 2.24) is 9.78 Å². The zero-order chi connectivity index (χ0) is 22.1. The van der Waals surface area contributed by atoms with E-state index in [-0.39, 0.29) is 5.91 Å². The quantitative estimate of drug-likeness (QED) is 0.360. The van der Waals surface area contributed by atoms with E-state index in [0.29, 0.717) is 5.69 Å². The molecule has 1 aromatic heterocycles. The predicted molar refractivity (Wildman–Crippen MR) is 130 cm³/mol. The first-order valence-electron chi connectivity index (χ1n) is 10.6. The SMILES string of the molecule is Cc1cccc(NC(=O)c2cc(-c3cccc4ccccc34)n(-c3ccccc3C)n2)c1. The standard InChI is InChI=1S/C28H23N3O/c1-19-9-7-13-22(17-19)29-28(32)25-18-27(31(30-25)26-16-6-3-10-20(26)2)24-15-8-12-21-11-4-5-14-23(21)24/h3-18H,1-2H3,(H,29,32). The summed E-state index contributed by atoms with van der Waals surface area (Å²) in [6, 6.07) is 32.2. The second kappa shape index (κ2) is 8.16. The number of anilines is 1. The van der Waals surface area contributed by atoms with Crippen LogP contribution < -0.4 is 5.32 Å². The summed E-state index contributed by atoms with van der Waals surface area (Å²) in [5, 5.41) is 9.99. The van der Waals surface area contributed by atoms with E-state index in [0.717, 1.165) is 44.5 Å². The smallest absolute Gasteiger partial charge is 0.276 e. The molecule has 4 heteroatoms. The maximum Gasteiger partial charge on any atom is 0.276 e. The Morgan fingerprint density at radius 1 is 0.812 bits per heavy atom. The fraction of sp³-hybridized carbons (Fsp3) is 0.0714. The number of benzene rings is 4. The third-order valence-electron chi connectivity index (χ3n) is 5.63. The largest absolute Gasteiger partial charge is 0.321 e. The van der Waals surface area contributed by atoms with Crippen LogP contribution in [0.5, 0.6) is 0 Å². The van der Waals surface area contributed by atoms with E-state index in [1.165, 1.54) is 0 Å². The summed E-state index contributed by atoms with van der Waals surface area (Å²) in [7, 11) is 0. The number of hydrogen-bond donors (Lipinski definition) is 1. The Morgan fingerprint density at radius 3 is 2.41 bits per heavy atom. The highest BCUT2D eigenvalue weighted by Crippen LogP contribution is 2.32. The molecule has 0 aliphatic heterocycles. The van der Waals surface area contributed by atoms with E-state index >= 15 is 0 Å². The highest BCUT2D eigenvalue weighted by molar-refractivity contribution is 6.04. The molecule has 0 unspecified atom stereocenters. The topological polar surface area (TPSA) is 46.9 Å². The minimum atomic E-state index is -0.232. The van der Waals surface area contributed by atoms with Crippen molar-refractivity contribution >= 4 is 22.4 Å². The Bertz CT molecular complexity index is 1440. The van der Waals surface area contributed by atoms with Crippen LogP contribution in [0.15, 0.2) is 97.1 Å². The monoisotopic (exact) mass is 417 g/mol. The van der Waals surface area contributed by atoms with Gasteiger partial charge in [0.15, 0.2) is 5.69 Å². The lowest BCUT2D eigenvalue weighted by Gasteiger charge is -2.12. The molecular formula is C28H23N3O. The number of rotatable bonds is 4. The molecule has 0 aliphatic rings. The molecule has 0 aliphatic carbocycles. The van der Waals surface area contributed by atoms with E-state index in [9.17, 15) is 4.79 Å². The summed E-state index contributed by atoms with van der Waals surface area (Å²) in [5.74, 6) is -0.232. The first-order chi connectivity index (χ1) is 15.6. The van der Waals surface area contributed by atoms with Gasteiger partial charge in [-0.2, -0.15) is 5.10 Å². The molecule has 1 amide bonds. The molecule has 4 aromatic carbocycles. The van der Waals surface area contributed by atoms with E-state index in [2.05, 4.69) is 42.6 Å². The Balaban J connectivity index is 1.66. The Kier molecular flexibility index (Phi) is 5.04. The number of aromatic nitrogens is 2. The fourth-order valence-corrected chi connectivity index (χ4v) is 4.04. The zero-order valence-corrected chi connectivity index (χ0v) is 18.0. The van der Waals surface area contributed by atoms with Crippen molar-refractivity contribution in [3.8, 4) is 16.9 Å². The lowest BCUT2D eigenvalue weighted by molar-refractivity contribution is 0.102. The molecule has 0 bridgehead atoms. The fourth-order valence-electron chi connectivity index (χ4n) is 4.04. The number of carbonyl (C=O) groups excluding carboxylic acids is 1. The number of fused-ring (bicyclic) bond motifs is 1. The van der Waals surface area contributed by atoms with Crippen LogP contribution in [0.25, 0.3) is 27.7 Å². The van der Waals surface area contributed by atoms with Gasteiger partial charge in [-0.05, 0) is 60.0 Å². The van der Waals surface area contributed by atoms with E-state index < -0.39 is 0 Å². The molecule has 156 valence electrons. The molecule has 0 saturated carbocycles. The predicted octanol–water partition coefficient (Wildman–Crippen LogP) is 6.56. The van der Waals surface area contributed by atoms with Gasteiger partial charge in [0.2, 0.25) is 0 Å². The van der Waals surface area contributed by atoms with Gasteiger partial charge in [0.05, 0.1) is 11.4 Å². The van der Waals surface area contributed by atoms with Gasteiger partial charge in [0.25, 0.3) is 5.91 Å². The lowest BCUT2D eigenvalue weighted by atomic mass is 10.0. The molecular weight excluding hydrogens is 394 g/mol. The number of nitrogens with zero attached hydrogens (tertiary/aromatic N) is 2. The van der Waals surface area contributed by atoms with E-state index in [1.54, 1.807) is 0 Å². The summed E-state index contributed by atoms with van der Waals surface area (Å²) >= 11 is 0. The number of para-hydroxylation sites is 1. The number of carbonyl (C=O) groups is 1. The molecule has 0 atom stereocenters. The minimum Gasteiger partial charge on any atom is -0.321 e. The van der Waals surface area contributed by atoms with Crippen LogP contribution in [-0.4, -0.2) is 15.7 Å². The molecule has 0 radical (unpaired) electrons. The van der Waals surface area contributed by atoms with E-state index in [4.69, 9.17) is 5.10 Å². The van der Waals surface area contributed by atoms with Crippen LogP contribution in [-0.2, 0) is 0 Å². The van der Waals surface area contributed by atoms with Crippen LogP contribution in [0.2, 0.25) is 0 Å². The summed E-state index contributed by atoms with van der Waals surface area (Å²) in [5.41, 5.74) is 6.17. The maximum atomic E-state index is 13.1. The summed E-state index contributed by atoms with van der Waals surface area (Å²) in [6.45, 7) is 4.05. The molecule has 0 saturated heterocycles. The van der Waals surface area contributed by atoms with Crippen molar-refractivity contribution in [2.24, 2.45) is 0 Å². The number of amides is 1. The summed E-state index contributed by atoms with van der Waals surface area (Å²) in [4.78, 5) is 13.1. The van der Waals surface area contributed by atoms with Crippen LogP contribution >= 0.6 is 0 Å². The van der Waals surface area contributed by atoms with E-state index in [1.807, 2.05) is 78.3 Å². The highest BCUT2D eigenvalue weighted by atomic mass is 16.1. The zero-order valence-electron chi connectivity index (χ0n) is 18.0. The van der Waals surface area contributed by atoms with Gasteiger partial charge in [-0.15, -0.1) is 0 Å². The Hall–Kier alpha value is -4.18. The van der Waals surface area contributed by atoms with Crippen LogP contribution in [0.3, 0.4) is 0 Å². The third-order valence-corrected chi connectivity index (χ3v) is 5.63. The van der Waals surface area contributed by atoms with Crippen molar-refractivity contribution in [1.29, 1.82) is 0 Å². The third kappa shape index (κ3) is 3.67. The Morgan fingerprint density at radius 2 is 1.56 bits per heavy atom. The second-order valence-electron chi connectivity index (χ2n) is 7.96. The Labute approximate surface area is 187 Å². The molecule has 1 N–H and O–H groups in total. The molecule has 0 fully saturated rings. The average molecular weight is 418 g/mol. The van der Waals surface area contributed by atoms with Gasteiger partial charge >= 0.3 is 0 Å². The van der Waals surface area contributed by atoms with Crippen molar-refractivity contribution in [2.45, 2.75) is 13.8 Å². The first-order valence-corrected chi connectivity index (χ1v) is 10.6. The van der Waals surface area contributed by atoms with Crippen LogP contribution in [0, 0.1) is 13.8 Å².